The molecule has 0 aromatic rings. The lowest BCUT2D eigenvalue weighted by atomic mass is 9.84. The first-order chi connectivity index (χ1) is 5.69. The molecule has 0 radical (unpaired) electrons. The summed E-state index contributed by atoms with van der Waals surface area (Å²) in [6, 6.07) is 0. The van der Waals surface area contributed by atoms with Gasteiger partial charge in [-0.15, -0.1) is 23.2 Å². The van der Waals surface area contributed by atoms with Crippen LogP contribution < -0.4 is 0 Å². The van der Waals surface area contributed by atoms with E-state index in [0.29, 0.717) is 0 Å². The molecule has 0 saturated heterocycles. The van der Waals surface area contributed by atoms with Gasteiger partial charge in [0.15, 0.2) is 0 Å². The van der Waals surface area contributed by atoms with E-state index in [4.69, 9.17) is 23.2 Å². The van der Waals surface area contributed by atoms with E-state index in [-0.39, 0.29) is 10.3 Å². The lowest BCUT2D eigenvalue weighted by Crippen LogP contribution is -2.36. The van der Waals surface area contributed by atoms with Crippen LogP contribution in [0.3, 0.4) is 0 Å². The van der Waals surface area contributed by atoms with E-state index in [9.17, 15) is 0 Å². The molecule has 2 unspecified atom stereocenters. The van der Waals surface area contributed by atoms with Gasteiger partial charge in [0.25, 0.3) is 0 Å². The number of halogens is 2. The van der Waals surface area contributed by atoms with Crippen LogP contribution in [-0.4, -0.2) is 10.3 Å². The molecule has 0 spiro atoms. The Labute approximate surface area is 85.6 Å². The number of unbranched alkanes of at least 4 members (excludes halogenated alkanes) is 1. The maximum absolute atomic E-state index is 6.47. The summed E-state index contributed by atoms with van der Waals surface area (Å²) in [6.45, 7) is 2.20. The first-order valence-corrected chi connectivity index (χ1v) is 5.83. The predicted molar refractivity (Wildman–Crippen MR) is 56.2 cm³/mol. The van der Waals surface area contributed by atoms with E-state index in [1.807, 2.05) is 0 Å². The van der Waals surface area contributed by atoms with Gasteiger partial charge in [0.1, 0.15) is 0 Å². The van der Waals surface area contributed by atoms with Crippen molar-refractivity contribution in [1.29, 1.82) is 0 Å². The molecule has 12 heavy (non-hydrogen) atoms. The summed E-state index contributed by atoms with van der Waals surface area (Å²) < 4.78 is 0. The molecule has 2 atom stereocenters. The summed E-state index contributed by atoms with van der Waals surface area (Å²) in [5.41, 5.74) is 0. The van der Waals surface area contributed by atoms with Crippen LogP contribution >= 0.6 is 23.2 Å². The first kappa shape index (κ1) is 10.7. The highest BCUT2D eigenvalue weighted by atomic mass is 35.5. The van der Waals surface area contributed by atoms with Gasteiger partial charge in [0.2, 0.25) is 0 Å². The monoisotopic (exact) mass is 208 g/mol. The minimum Gasteiger partial charge on any atom is -0.121 e. The van der Waals surface area contributed by atoms with Gasteiger partial charge in [-0.25, -0.2) is 0 Å². The van der Waals surface area contributed by atoms with Gasteiger partial charge in [-0.3, -0.25) is 0 Å². The SMILES string of the molecule is CCCCC1(Cl)CCCCC1Cl. The summed E-state index contributed by atoms with van der Waals surface area (Å²) in [6.07, 6.45) is 8.27. The predicted octanol–water partition coefficient (Wildman–Crippen LogP) is 4.34. The summed E-state index contributed by atoms with van der Waals surface area (Å²) in [5.74, 6) is 0. The highest BCUT2D eigenvalue weighted by molar-refractivity contribution is 6.32. The number of hydrogen-bond acceptors (Lipinski definition) is 0. The fourth-order valence-corrected chi connectivity index (χ4v) is 2.66. The van der Waals surface area contributed by atoms with Crippen molar-refractivity contribution in [2.24, 2.45) is 0 Å². The molecule has 2 heteroatoms. The van der Waals surface area contributed by atoms with Crippen molar-refractivity contribution >= 4 is 23.2 Å². The maximum Gasteiger partial charge on any atom is 0.0609 e. The van der Waals surface area contributed by atoms with Crippen molar-refractivity contribution in [2.45, 2.75) is 62.1 Å². The summed E-state index contributed by atoms with van der Waals surface area (Å²) in [7, 11) is 0. The lowest BCUT2D eigenvalue weighted by Gasteiger charge is -2.35. The van der Waals surface area contributed by atoms with E-state index < -0.39 is 0 Å². The van der Waals surface area contributed by atoms with Crippen LogP contribution in [0.2, 0.25) is 0 Å². The van der Waals surface area contributed by atoms with E-state index in [0.717, 1.165) is 19.3 Å². The lowest BCUT2D eigenvalue weighted by molar-refractivity contribution is 0.368. The van der Waals surface area contributed by atoms with E-state index in [2.05, 4.69) is 6.92 Å². The molecular weight excluding hydrogens is 191 g/mol. The zero-order valence-corrected chi connectivity index (χ0v) is 9.29. The smallest absolute Gasteiger partial charge is 0.0609 e. The molecular formula is C10H18Cl2. The van der Waals surface area contributed by atoms with Crippen LogP contribution in [0.4, 0.5) is 0 Å². The average molecular weight is 209 g/mol. The molecule has 1 aliphatic carbocycles. The van der Waals surface area contributed by atoms with Gasteiger partial charge in [-0.2, -0.15) is 0 Å². The van der Waals surface area contributed by atoms with Crippen molar-refractivity contribution in [3.05, 3.63) is 0 Å². The zero-order valence-electron chi connectivity index (χ0n) is 7.78. The normalized spacial score (nSPS) is 36.8. The molecule has 0 heterocycles. The molecule has 0 nitrogen and oxygen atoms in total. The summed E-state index contributed by atoms with van der Waals surface area (Å²) in [4.78, 5) is -0.0736. The van der Waals surface area contributed by atoms with Gasteiger partial charge in [-0.1, -0.05) is 32.6 Å². The van der Waals surface area contributed by atoms with Gasteiger partial charge in [0.05, 0.1) is 10.3 Å². The van der Waals surface area contributed by atoms with E-state index in [1.165, 1.54) is 25.7 Å². The maximum atomic E-state index is 6.47. The third-order valence-electron chi connectivity index (χ3n) is 2.81. The zero-order chi connectivity index (χ0) is 9.03. The van der Waals surface area contributed by atoms with Gasteiger partial charge < -0.3 is 0 Å². The largest absolute Gasteiger partial charge is 0.121 e. The molecule has 0 aromatic heterocycles. The molecule has 72 valence electrons. The van der Waals surface area contributed by atoms with Gasteiger partial charge in [-0.05, 0) is 19.3 Å². The topological polar surface area (TPSA) is 0 Å². The molecule has 0 N–H and O–H groups in total. The Hall–Kier alpha value is 0.580. The fourth-order valence-electron chi connectivity index (χ4n) is 1.91. The Bertz CT molecular complexity index is 136. The third-order valence-corrected chi connectivity index (χ3v) is 4.20. The van der Waals surface area contributed by atoms with E-state index >= 15 is 0 Å². The van der Waals surface area contributed by atoms with Gasteiger partial charge >= 0.3 is 0 Å². The minimum atomic E-state index is -0.0736. The quantitative estimate of drug-likeness (QED) is 0.606. The van der Waals surface area contributed by atoms with Crippen molar-refractivity contribution in [3.63, 3.8) is 0 Å². The van der Waals surface area contributed by atoms with Crippen LogP contribution in [0.15, 0.2) is 0 Å². The molecule has 0 aromatic carbocycles. The van der Waals surface area contributed by atoms with Crippen LogP contribution in [0.1, 0.15) is 51.9 Å². The van der Waals surface area contributed by atoms with Crippen molar-refractivity contribution < 1.29 is 0 Å². The molecule has 1 aliphatic rings. The second-order valence-electron chi connectivity index (χ2n) is 3.85. The molecule has 0 bridgehead atoms. The van der Waals surface area contributed by atoms with Crippen molar-refractivity contribution in [2.75, 3.05) is 0 Å². The van der Waals surface area contributed by atoms with Crippen LogP contribution in [0.5, 0.6) is 0 Å². The minimum absolute atomic E-state index is 0.0736. The second-order valence-corrected chi connectivity index (χ2v) is 5.13. The Morgan fingerprint density at radius 2 is 2.17 bits per heavy atom. The van der Waals surface area contributed by atoms with Crippen LogP contribution in [-0.2, 0) is 0 Å². The van der Waals surface area contributed by atoms with Crippen molar-refractivity contribution in [3.8, 4) is 0 Å². The summed E-state index contributed by atoms with van der Waals surface area (Å²) >= 11 is 12.7. The Balaban J connectivity index is 2.42. The average Bonchev–Trinajstić information content (AvgIpc) is 2.07. The highest BCUT2D eigenvalue weighted by Crippen LogP contribution is 2.41. The highest BCUT2D eigenvalue weighted by Gasteiger charge is 2.36. The molecule has 1 fully saturated rings. The Kier molecular flexibility index (Phi) is 4.19. The first-order valence-electron chi connectivity index (χ1n) is 5.02. The Morgan fingerprint density at radius 1 is 1.42 bits per heavy atom. The number of rotatable bonds is 3. The Morgan fingerprint density at radius 3 is 2.75 bits per heavy atom. The summed E-state index contributed by atoms with van der Waals surface area (Å²) in [5, 5.41) is 0.208. The van der Waals surface area contributed by atoms with Crippen molar-refractivity contribution in [1.82, 2.24) is 0 Å². The number of alkyl halides is 2. The molecule has 0 amide bonds. The fraction of sp³-hybridized carbons (Fsp3) is 1.00. The standard InChI is InChI=1S/C10H18Cl2/c1-2-3-7-10(12)8-5-4-6-9(10)11/h9H,2-8H2,1H3. The molecule has 1 rings (SSSR count). The molecule has 1 saturated carbocycles. The van der Waals surface area contributed by atoms with Crippen LogP contribution in [0, 0.1) is 0 Å². The van der Waals surface area contributed by atoms with Gasteiger partial charge in [0, 0.05) is 0 Å². The van der Waals surface area contributed by atoms with E-state index in [1.54, 1.807) is 0 Å². The van der Waals surface area contributed by atoms with Crippen LogP contribution in [0.25, 0.3) is 0 Å². The molecule has 0 aliphatic heterocycles. The number of hydrogen-bond donors (Lipinski definition) is 0. The second kappa shape index (κ2) is 4.72. The third kappa shape index (κ3) is 2.53.